The summed E-state index contributed by atoms with van der Waals surface area (Å²) in [6.07, 6.45) is 1.59. The van der Waals surface area contributed by atoms with E-state index in [4.69, 9.17) is 20.6 Å². The van der Waals surface area contributed by atoms with Crippen molar-refractivity contribution in [2.45, 2.75) is 52.7 Å². The number of aromatic carboxylic acids is 3. The Labute approximate surface area is 286 Å². The lowest BCUT2D eigenvalue weighted by atomic mass is 10.1. The van der Waals surface area contributed by atoms with Gasteiger partial charge in [0.05, 0.1) is 34.4 Å². The highest BCUT2D eigenvalue weighted by atomic mass is 33.1. The van der Waals surface area contributed by atoms with Crippen molar-refractivity contribution >= 4 is 85.9 Å². The Morgan fingerprint density at radius 1 is 0.787 bits per heavy atom. The van der Waals surface area contributed by atoms with Gasteiger partial charge in [0.2, 0.25) is 5.91 Å². The number of rotatable bonds is 15. The van der Waals surface area contributed by atoms with E-state index < -0.39 is 32.9 Å². The highest BCUT2D eigenvalue weighted by molar-refractivity contribution is 8.76. The molecule has 0 aliphatic carbocycles. The Kier molecular flexibility index (Phi) is 16.1. The van der Waals surface area contributed by atoms with Gasteiger partial charge < -0.3 is 20.6 Å². The van der Waals surface area contributed by atoms with Gasteiger partial charge in [0, 0.05) is 21.1 Å². The zero-order valence-corrected chi connectivity index (χ0v) is 28.7. The van der Waals surface area contributed by atoms with Crippen LogP contribution in [-0.2, 0) is 24.3 Å². The normalized spacial score (nSPS) is 10.9. The molecule has 0 spiro atoms. The fourth-order valence-electron chi connectivity index (χ4n) is 3.70. The summed E-state index contributed by atoms with van der Waals surface area (Å²) in [7, 11) is -2.18. The molecule has 6 N–H and O–H groups in total. The average Bonchev–Trinajstić information content (AvgIpc) is 2.99. The Balaban J connectivity index is 0.000000327. The molecule has 19 heteroatoms. The van der Waals surface area contributed by atoms with Crippen LogP contribution in [0.15, 0.2) is 68.1 Å². The number of hydrogen-bond acceptors (Lipinski definition) is 13. The molecule has 0 heterocycles. The number of aryl methyl sites for hydroxylation is 2. The van der Waals surface area contributed by atoms with Crippen LogP contribution in [0, 0.1) is 13.8 Å². The van der Waals surface area contributed by atoms with Crippen LogP contribution in [-0.4, -0.2) is 63.1 Å². The number of amides is 1. The monoisotopic (exact) mass is 747 g/mol. The number of carbonyl (C=O) groups excluding carboxylic acids is 1. The zero-order valence-electron chi connectivity index (χ0n) is 24.5. The van der Waals surface area contributed by atoms with E-state index >= 15 is 0 Å². The lowest BCUT2D eigenvalue weighted by Crippen LogP contribution is -2.15. The number of thiol groups is 1. The maximum atomic E-state index is 11.9. The van der Waals surface area contributed by atoms with Crippen molar-refractivity contribution in [3.63, 3.8) is 0 Å². The number of benzene rings is 3. The van der Waals surface area contributed by atoms with Gasteiger partial charge in [-0.15, -0.1) is 4.33 Å². The van der Waals surface area contributed by atoms with E-state index in [0.717, 1.165) is 34.9 Å². The standard InChI is InChI=1S/C16H12O6S2.C12H17NO7S3/c1-8-2-9(14(17)18)5-12(3-8)23-24-13-6-10(15(19)20)4-11(7-13)16(21)22;1-8-6-9(22-20-19-15)7-10(23(16,17)18)12(8)13-11(14)4-2-3-5-21/h2-7H,1H3,(H,17,18)(H,19,20)(H,21,22);6-7,15,21H,2-5H2,1H3,(H,13,14)(H,16,17,18). The smallest absolute Gasteiger partial charge is 0.335 e. The van der Waals surface area contributed by atoms with Gasteiger partial charge in [-0.05, 0) is 92.1 Å². The average molecular weight is 748 g/mol. The predicted molar refractivity (Wildman–Crippen MR) is 178 cm³/mol. The molecule has 3 aromatic carbocycles. The number of nitrogens with one attached hydrogen (secondary N) is 1. The third-order valence-corrected chi connectivity index (χ3v) is 9.82. The van der Waals surface area contributed by atoms with E-state index in [9.17, 15) is 32.1 Å². The second-order valence-electron chi connectivity index (χ2n) is 9.41. The first-order valence-corrected chi connectivity index (χ1v) is 18.0. The summed E-state index contributed by atoms with van der Waals surface area (Å²) in [5.74, 6) is -3.18. The number of hydrogen-bond donors (Lipinski definition) is 7. The summed E-state index contributed by atoms with van der Waals surface area (Å²) >= 11 is 4.59. The molecule has 3 aromatic rings. The van der Waals surface area contributed by atoms with Crippen LogP contribution in [0.2, 0.25) is 0 Å². The predicted octanol–water partition coefficient (Wildman–Crippen LogP) is 6.60. The molecule has 0 bridgehead atoms. The molecule has 254 valence electrons. The second-order valence-corrected chi connectivity index (χ2v) is 14.3. The first-order chi connectivity index (χ1) is 22.0. The topological polar surface area (TPSA) is 234 Å². The van der Waals surface area contributed by atoms with Crippen molar-refractivity contribution in [1.29, 1.82) is 0 Å². The van der Waals surface area contributed by atoms with Crippen LogP contribution in [0.1, 0.15) is 61.5 Å². The van der Waals surface area contributed by atoms with Crippen molar-refractivity contribution in [1.82, 2.24) is 0 Å². The minimum absolute atomic E-state index is 0.00218. The van der Waals surface area contributed by atoms with E-state index in [-0.39, 0.29) is 39.6 Å². The second kappa shape index (κ2) is 18.9. The van der Waals surface area contributed by atoms with Crippen molar-refractivity contribution in [3.05, 3.63) is 76.3 Å². The van der Waals surface area contributed by atoms with Gasteiger partial charge in [0.25, 0.3) is 10.1 Å². The number of carboxylic acid groups (broad SMARTS) is 3. The lowest BCUT2D eigenvalue weighted by Gasteiger charge is -2.13. The molecule has 0 saturated carbocycles. The van der Waals surface area contributed by atoms with Gasteiger partial charge >= 0.3 is 17.9 Å². The fourth-order valence-corrected chi connectivity index (χ4v) is 7.35. The summed E-state index contributed by atoms with van der Waals surface area (Å²) in [5, 5.41) is 41.2. The van der Waals surface area contributed by atoms with Crippen LogP contribution in [0.4, 0.5) is 5.69 Å². The molecule has 47 heavy (non-hydrogen) atoms. The Bertz CT molecular complexity index is 1700. The number of carbonyl (C=O) groups is 4. The van der Waals surface area contributed by atoms with Gasteiger partial charge in [-0.1, -0.05) is 26.6 Å². The van der Waals surface area contributed by atoms with Crippen molar-refractivity contribution in [3.8, 4) is 0 Å². The van der Waals surface area contributed by atoms with Gasteiger partial charge in [0.1, 0.15) is 4.90 Å². The molecule has 14 nitrogen and oxygen atoms in total. The van der Waals surface area contributed by atoms with Crippen LogP contribution >= 0.6 is 46.3 Å². The maximum Gasteiger partial charge on any atom is 0.335 e. The molecule has 0 saturated heterocycles. The van der Waals surface area contributed by atoms with Gasteiger partial charge in [0.15, 0.2) is 0 Å². The third-order valence-electron chi connectivity index (χ3n) is 5.72. The highest BCUT2D eigenvalue weighted by Crippen LogP contribution is 2.39. The maximum absolute atomic E-state index is 11.9. The van der Waals surface area contributed by atoms with Crippen molar-refractivity contribution in [2.75, 3.05) is 11.1 Å². The lowest BCUT2D eigenvalue weighted by molar-refractivity contribution is -0.432. The van der Waals surface area contributed by atoms with E-state index in [0.29, 0.717) is 39.6 Å². The SMILES string of the molecule is Cc1cc(SOOO)cc(S(=O)(=O)O)c1NC(=O)CCCCS.Cc1cc(SSc2cc(C(=O)O)cc(C(=O)O)c2)cc(C(=O)O)c1. The van der Waals surface area contributed by atoms with Crippen LogP contribution in [0.25, 0.3) is 0 Å². The van der Waals surface area contributed by atoms with E-state index in [1.807, 2.05) is 0 Å². The molecule has 1 amide bonds. The minimum Gasteiger partial charge on any atom is -0.478 e. The van der Waals surface area contributed by atoms with E-state index in [1.165, 1.54) is 35.1 Å². The molecule has 0 radical (unpaired) electrons. The molecular formula is C28H29NO13S5. The molecule has 0 unspecified atom stereocenters. The molecule has 0 aliphatic heterocycles. The molecule has 3 rings (SSSR count). The van der Waals surface area contributed by atoms with E-state index in [2.05, 4.69) is 27.3 Å². The quantitative estimate of drug-likeness (QED) is 0.0165. The van der Waals surface area contributed by atoms with Crippen molar-refractivity contribution < 1.29 is 62.1 Å². The Morgan fingerprint density at radius 2 is 1.32 bits per heavy atom. The molecular weight excluding hydrogens is 719 g/mol. The van der Waals surface area contributed by atoms with Crippen LogP contribution in [0.3, 0.4) is 0 Å². The summed E-state index contributed by atoms with van der Waals surface area (Å²) in [6.45, 7) is 3.33. The fraction of sp³-hybridized carbons (Fsp3) is 0.214. The third kappa shape index (κ3) is 13.4. The zero-order chi connectivity index (χ0) is 35.3. The minimum atomic E-state index is -4.57. The number of carboxylic acids is 3. The van der Waals surface area contributed by atoms with Crippen LogP contribution in [0.5, 0.6) is 0 Å². The number of unbranched alkanes of at least 4 members (excludes halogenated alkanes) is 1. The Morgan fingerprint density at radius 3 is 1.81 bits per heavy atom. The summed E-state index contributed by atoms with van der Waals surface area (Å²) < 4.78 is 36.7. The molecule has 0 aromatic heterocycles. The van der Waals surface area contributed by atoms with Crippen LogP contribution < -0.4 is 5.32 Å². The molecule has 0 aliphatic rings. The summed E-state index contributed by atoms with van der Waals surface area (Å²) in [6, 6.07) is 11.3. The summed E-state index contributed by atoms with van der Waals surface area (Å²) in [5.41, 5.74) is 1.10. The molecule has 0 atom stereocenters. The van der Waals surface area contributed by atoms with E-state index in [1.54, 1.807) is 26.0 Å². The van der Waals surface area contributed by atoms with Crippen molar-refractivity contribution in [2.24, 2.45) is 0 Å². The van der Waals surface area contributed by atoms with Gasteiger partial charge in [-0.2, -0.15) is 21.0 Å². The molecule has 0 fully saturated rings. The highest BCUT2D eigenvalue weighted by Gasteiger charge is 2.21. The largest absolute Gasteiger partial charge is 0.478 e. The van der Waals surface area contributed by atoms with Gasteiger partial charge in [-0.25, -0.2) is 19.6 Å². The first-order valence-electron chi connectivity index (χ1n) is 13.0. The first kappa shape index (κ1) is 39.9. The van der Waals surface area contributed by atoms with Gasteiger partial charge in [-0.3, -0.25) is 9.35 Å². The summed E-state index contributed by atoms with van der Waals surface area (Å²) in [4.78, 5) is 46.0. The Hall–Kier alpha value is -3.27. The number of anilines is 1.